The molecule has 1 aliphatic rings. The number of carbonyl (C=O) groups excluding carboxylic acids is 1. The topological polar surface area (TPSA) is 42.0 Å². The molecule has 0 aliphatic heterocycles. The summed E-state index contributed by atoms with van der Waals surface area (Å²) in [6, 6.07) is 4.06. The van der Waals surface area contributed by atoms with E-state index in [0.29, 0.717) is 0 Å². The van der Waals surface area contributed by atoms with Crippen LogP contribution < -0.4 is 5.32 Å². The van der Waals surface area contributed by atoms with Crippen molar-refractivity contribution in [3.8, 4) is 0 Å². The standard InChI is InChI=1S/C13H18N2O/c1-10(2)12(16)15-9-13(5-6-13)11-4-3-7-14-8-11/h3-4,7-8,10H,5-6,9H2,1-2H3,(H,15,16). The number of aromatic nitrogens is 1. The van der Waals surface area contributed by atoms with Gasteiger partial charge in [-0.05, 0) is 24.5 Å². The van der Waals surface area contributed by atoms with Crippen LogP contribution in [0.2, 0.25) is 0 Å². The Morgan fingerprint density at radius 3 is 2.81 bits per heavy atom. The SMILES string of the molecule is CC(C)C(=O)NCC1(c2cccnc2)CC1. The van der Waals surface area contributed by atoms with E-state index in [2.05, 4.69) is 16.4 Å². The van der Waals surface area contributed by atoms with Crippen molar-refractivity contribution < 1.29 is 4.79 Å². The Kier molecular flexibility index (Phi) is 2.95. The lowest BCUT2D eigenvalue weighted by atomic mass is 9.97. The van der Waals surface area contributed by atoms with Crippen molar-refractivity contribution in [3.63, 3.8) is 0 Å². The molecule has 1 aliphatic carbocycles. The number of amides is 1. The molecule has 1 saturated carbocycles. The molecule has 0 unspecified atom stereocenters. The Labute approximate surface area is 96.3 Å². The molecule has 3 nitrogen and oxygen atoms in total. The van der Waals surface area contributed by atoms with Crippen LogP contribution in [0, 0.1) is 5.92 Å². The monoisotopic (exact) mass is 218 g/mol. The highest BCUT2D eigenvalue weighted by Gasteiger charge is 2.44. The Hall–Kier alpha value is -1.38. The Balaban J connectivity index is 1.97. The molecule has 1 heterocycles. The highest BCUT2D eigenvalue weighted by atomic mass is 16.1. The third kappa shape index (κ3) is 2.23. The van der Waals surface area contributed by atoms with Gasteiger partial charge in [0, 0.05) is 30.3 Å². The van der Waals surface area contributed by atoms with Crippen molar-refractivity contribution in [2.75, 3.05) is 6.54 Å². The molecule has 2 rings (SSSR count). The predicted octanol–water partition coefficient (Wildman–Crippen LogP) is 1.89. The molecule has 0 saturated heterocycles. The van der Waals surface area contributed by atoms with Gasteiger partial charge in [0.15, 0.2) is 0 Å². The second-order valence-electron chi connectivity index (χ2n) is 4.89. The lowest BCUT2D eigenvalue weighted by Gasteiger charge is -2.17. The van der Waals surface area contributed by atoms with Crippen molar-refractivity contribution >= 4 is 5.91 Å². The number of hydrogen-bond donors (Lipinski definition) is 1. The quantitative estimate of drug-likeness (QED) is 0.838. The Morgan fingerprint density at radius 1 is 1.56 bits per heavy atom. The van der Waals surface area contributed by atoms with Crippen LogP contribution in [0.1, 0.15) is 32.3 Å². The van der Waals surface area contributed by atoms with Crippen molar-refractivity contribution in [1.29, 1.82) is 0 Å². The van der Waals surface area contributed by atoms with Gasteiger partial charge in [0.05, 0.1) is 0 Å². The lowest BCUT2D eigenvalue weighted by molar-refractivity contribution is -0.124. The van der Waals surface area contributed by atoms with E-state index in [0.717, 1.165) is 19.4 Å². The van der Waals surface area contributed by atoms with Crippen LogP contribution in [0.15, 0.2) is 24.5 Å². The molecule has 0 atom stereocenters. The molecule has 3 heteroatoms. The number of nitrogens with one attached hydrogen (secondary N) is 1. The molecule has 1 fully saturated rings. The summed E-state index contributed by atoms with van der Waals surface area (Å²) >= 11 is 0. The molecule has 1 aromatic rings. The minimum absolute atomic E-state index is 0.0599. The fourth-order valence-corrected chi connectivity index (χ4v) is 1.86. The largest absolute Gasteiger partial charge is 0.355 e. The summed E-state index contributed by atoms with van der Waals surface area (Å²) in [6.45, 7) is 4.58. The van der Waals surface area contributed by atoms with Gasteiger partial charge < -0.3 is 5.32 Å². The van der Waals surface area contributed by atoms with Crippen LogP contribution in [0.3, 0.4) is 0 Å². The first kappa shape index (κ1) is 11.1. The zero-order chi connectivity index (χ0) is 11.6. The summed E-state index contributed by atoms with van der Waals surface area (Å²) < 4.78 is 0. The van der Waals surface area contributed by atoms with Crippen molar-refractivity contribution in [2.24, 2.45) is 5.92 Å². The molecule has 0 bridgehead atoms. The minimum Gasteiger partial charge on any atom is -0.355 e. The van der Waals surface area contributed by atoms with Crippen LogP contribution in [-0.2, 0) is 10.2 Å². The average Bonchev–Trinajstić information content (AvgIpc) is 3.08. The average molecular weight is 218 g/mol. The zero-order valence-electron chi connectivity index (χ0n) is 9.86. The van der Waals surface area contributed by atoms with Gasteiger partial charge in [-0.3, -0.25) is 9.78 Å². The minimum atomic E-state index is 0.0599. The molecule has 0 spiro atoms. The maximum atomic E-state index is 11.5. The number of hydrogen-bond acceptors (Lipinski definition) is 2. The first-order valence-electron chi connectivity index (χ1n) is 5.82. The van der Waals surface area contributed by atoms with E-state index in [4.69, 9.17) is 0 Å². The molecule has 1 amide bonds. The number of rotatable bonds is 4. The highest BCUT2D eigenvalue weighted by molar-refractivity contribution is 5.78. The maximum Gasteiger partial charge on any atom is 0.222 e. The molecule has 0 radical (unpaired) electrons. The first-order valence-corrected chi connectivity index (χ1v) is 5.82. The van der Waals surface area contributed by atoms with Crippen LogP contribution in [0.5, 0.6) is 0 Å². The summed E-state index contributed by atoms with van der Waals surface area (Å²) in [5.74, 6) is 0.194. The highest BCUT2D eigenvalue weighted by Crippen LogP contribution is 2.47. The fourth-order valence-electron chi connectivity index (χ4n) is 1.86. The van der Waals surface area contributed by atoms with Gasteiger partial charge in [-0.1, -0.05) is 19.9 Å². The molecule has 1 aromatic heterocycles. The normalized spacial score (nSPS) is 17.2. The fraction of sp³-hybridized carbons (Fsp3) is 0.538. The maximum absolute atomic E-state index is 11.5. The summed E-state index contributed by atoms with van der Waals surface area (Å²) in [6.07, 6.45) is 5.99. The van der Waals surface area contributed by atoms with Gasteiger partial charge in [-0.25, -0.2) is 0 Å². The molecular weight excluding hydrogens is 200 g/mol. The third-order valence-electron chi connectivity index (χ3n) is 3.25. The van der Waals surface area contributed by atoms with E-state index in [-0.39, 0.29) is 17.2 Å². The van der Waals surface area contributed by atoms with E-state index in [1.165, 1.54) is 5.56 Å². The summed E-state index contributed by atoms with van der Waals surface area (Å²) in [5.41, 5.74) is 1.41. The van der Waals surface area contributed by atoms with Crippen LogP contribution in [-0.4, -0.2) is 17.4 Å². The van der Waals surface area contributed by atoms with Crippen LogP contribution in [0.4, 0.5) is 0 Å². The van der Waals surface area contributed by atoms with Gasteiger partial charge in [-0.2, -0.15) is 0 Å². The van der Waals surface area contributed by atoms with Gasteiger partial charge in [-0.15, -0.1) is 0 Å². The Morgan fingerprint density at radius 2 is 2.31 bits per heavy atom. The van der Waals surface area contributed by atoms with Gasteiger partial charge in [0.25, 0.3) is 0 Å². The van der Waals surface area contributed by atoms with Gasteiger partial charge in [0.1, 0.15) is 0 Å². The second-order valence-corrected chi connectivity index (χ2v) is 4.89. The van der Waals surface area contributed by atoms with E-state index < -0.39 is 0 Å². The van der Waals surface area contributed by atoms with E-state index in [1.54, 1.807) is 6.20 Å². The lowest BCUT2D eigenvalue weighted by Crippen LogP contribution is -2.34. The number of pyridine rings is 1. The first-order chi connectivity index (χ1) is 7.64. The summed E-state index contributed by atoms with van der Waals surface area (Å²) in [7, 11) is 0. The van der Waals surface area contributed by atoms with Crippen LogP contribution in [0.25, 0.3) is 0 Å². The van der Waals surface area contributed by atoms with Crippen molar-refractivity contribution in [1.82, 2.24) is 10.3 Å². The summed E-state index contributed by atoms with van der Waals surface area (Å²) in [5, 5.41) is 3.02. The van der Waals surface area contributed by atoms with Gasteiger partial charge >= 0.3 is 0 Å². The third-order valence-corrected chi connectivity index (χ3v) is 3.25. The van der Waals surface area contributed by atoms with Gasteiger partial charge in [0.2, 0.25) is 5.91 Å². The van der Waals surface area contributed by atoms with Crippen molar-refractivity contribution in [2.45, 2.75) is 32.1 Å². The molecule has 16 heavy (non-hydrogen) atoms. The molecule has 1 N–H and O–H groups in total. The zero-order valence-corrected chi connectivity index (χ0v) is 9.86. The molecule has 0 aromatic carbocycles. The smallest absolute Gasteiger partial charge is 0.222 e. The van der Waals surface area contributed by atoms with Crippen LogP contribution >= 0.6 is 0 Å². The number of carbonyl (C=O) groups is 1. The van der Waals surface area contributed by atoms with E-state index >= 15 is 0 Å². The second kappa shape index (κ2) is 4.24. The molecular formula is C13H18N2O. The van der Waals surface area contributed by atoms with Crippen molar-refractivity contribution in [3.05, 3.63) is 30.1 Å². The molecule has 86 valence electrons. The number of nitrogens with zero attached hydrogens (tertiary/aromatic N) is 1. The predicted molar refractivity (Wildman–Crippen MR) is 63.0 cm³/mol. The van der Waals surface area contributed by atoms with E-state index in [9.17, 15) is 4.79 Å². The van der Waals surface area contributed by atoms with E-state index in [1.807, 2.05) is 26.1 Å². The Bertz CT molecular complexity index is 369. The summed E-state index contributed by atoms with van der Waals surface area (Å²) in [4.78, 5) is 15.7.